The van der Waals surface area contributed by atoms with Gasteiger partial charge in [-0.15, -0.1) is 0 Å². The summed E-state index contributed by atoms with van der Waals surface area (Å²) in [6.45, 7) is 6.42. The summed E-state index contributed by atoms with van der Waals surface area (Å²) in [4.78, 5) is 24.2. The molecule has 0 radical (unpaired) electrons. The van der Waals surface area contributed by atoms with Crippen molar-refractivity contribution in [1.82, 2.24) is 5.32 Å². The molecule has 150 valence electrons. The van der Waals surface area contributed by atoms with Gasteiger partial charge in [0.1, 0.15) is 0 Å². The minimum atomic E-state index is -0.223. The van der Waals surface area contributed by atoms with Crippen molar-refractivity contribution in [2.45, 2.75) is 27.3 Å². The third kappa shape index (κ3) is 5.73. The summed E-state index contributed by atoms with van der Waals surface area (Å²) in [5, 5.41) is 5.72. The van der Waals surface area contributed by atoms with Crippen LogP contribution in [0.1, 0.15) is 36.7 Å². The molecule has 7 heteroatoms. The zero-order valence-electron chi connectivity index (χ0n) is 16.5. The largest absolute Gasteiger partial charge is 0.493 e. The van der Waals surface area contributed by atoms with Crippen molar-refractivity contribution in [1.29, 1.82) is 0 Å². The van der Waals surface area contributed by atoms with E-state index in [0.29, 0.717) is 34.7 Å². The van der Waals surface area contributed by atoms with Crippen LogP contribution < -0.4 is 20.1 Å². The van der Waals surface area contributed by atoms with Crippen LogP contribution in [-0.4, -0.2) is 25.5 Å². The first-order valence-electron chi connectivity index (χ1n) is 9.04. The fourth-order valence-corrected chi connectivity index (χ4v) is 2.97. The second-order valence-electron chi connectivity index (χ2n) is 6.45. The first-order chi connectivity index (χ1) is 13.3. The lowest BCUT2D eigenvalue weighted by atomic mass is 10.1. The van der Waals surface area contributed by atoms with Gasteiger partial charge < -0.3 is 20.1 Å². The van der Waals surface area contributed by atoms with Crippen molar-refractivity contribution in [3.8, 4) is 11.5 Å². The van der Waals surface area contributed by atoms with Gasteiger partial charge in [0.25, 0.3) is 5.91 Å². The fourth-order valence-electron chi connectivity index (χ4n) is 2.41. The maximum absolute atomic E-state index is 12.5. The predicted molar refractivity (Wildman–Crippen MR) is 113 cm³/mol. The van der Waals surface area contributed by atoms with Crippen LogP contribution in [0.25, 0.3) is 0 Å². The summed E-state index contributed by atoms with van der Waals surface area (Å²) in [6.07, 6.45) is 0. The van der Waals surface area contributed by atoms with Crippen LogP contribution in [0.4, 0.5) is 5.69 Å². The highest BCUT2D eigenvalue weighted by Crippen LogP contribution is 2.36. The lowest BCUT2D eigenvalue weighted by Gasteiger charge is -2.13. The molecule has 0 aliphatic heterocycles. The summed E-state index contributed by atoms with van der Waals surface area (Å²) in [7, 11) is 1.53. The Kier molecular flexibility index (Phi) is 7.87. The average Bonchev–Trinajstić information content (AvgIpc) is 2.68. The first-order valence-corrected chi connectivity index (χ1v) is 9.83. The standard InChI is InChI=1S/C21H25BrN2O4/c1-5-28-19-17(22)10-15(11-18(19)27-4)21(26)23-12-14-6-8-16(9-7-14)24-20(25)13(2)3/h6-11,13H,5,12H2,1-4H3,(H,23,26)(H,24,25). The Hall–Kier alpha value is -2.54. The maximum Gasteiger partial charge on any atom is 0.251 e. The second-order valence-corrected chi connectivity index (χ2v) is 7.30. The van der Waals surface area contributed by atoms with Gasteiger partial charge in [-0.05, 0) is 52.7 Å². The van der Waals surface area contributed by atoms with Gasteiger partial charge >= 0.3 is 0 Å². The topological polar surface area (TPSA) is 76.7 Å². The normalized spacial score (nSPS) is 10.5. The number of anilines is 1. The number of halogens is 1. The molecule has 0 bridgehead atoms. The van der Waals surface area contributed by atoms with Crippen molar-refractivity contribution in [2.24, 2.45) is 5.92 Å². The molecule has 2 aromatic carbocycles. The monoisotopic (exact) mass is 448 g/mol. The molecule has 6 nitrogen and oxygen atoms in total. The van der Waals surface area contributed by atoms with Gasteiger partial charge in [-0.3, -0.25) is 9.59 Å². The summed E-state index contributed by atoms with van der Waals surface area (Å²) in [6, 6.07) is 10.7. The molecular weight excluding hydrogens is 424 g/mol. The molecule has 0 spiro atoms. The van der Waals surface area contributed by atoms with Gasteiger partial charge in [-0.25, -0.2) is 0 Å². The number of benzene rings is 2. The maximum atomic E-state index is 12.5. The van der Waals surface area contributed by atoms with Crippen LogP contribution in [0.5, 0.6) is 11.5 Å². The molecule has 0 unspecified atom stereocenters. The lowest BCUT2D eigenvalue weighted by Crippen LogP contribution is -2.23. The number of rotatable bonds is 8. The van der Waals surface area contributed by atoms with E-state index in [-0.39, 0.29) is 17.7 Å². The zero-order chi connectivity index (χ0) is 20.7. The van der Waals surface area contributed by atoms with Gasteiger partial charge in [0, 0.05) is 23.7 Å². The molecule has 28 heavy (non-hydrogen) atoms. The van der Waals surface area contributed by atoms with Crippen LogP contribution >= 0.6 is 15.9 Å². The minimum Gasteiger partial charge on any atom is -0.493 e. The van der Waals surface area contributed by atoms with Gasteiger partial charge in [0.05, 0.1) is 18.2 Å². The highest BCUT2D eigenvalue weighted by molar-refractivity contribution is 9.10. The third-order valence-electron chi connectivity index (χ3n) is 3.98. The summed E-state index contributed by atoms with van der Waals surface area (Å²) in [5.41, 5.74) is 2.12. The number of hydrogen-bond acceptors (Lipinski definition) is 4. The number of methoxy groups -OCH3 is 1. The Balaban J connectivity index is 2.02. The summed E-state index contributed by atoms with van der Waals surface area (Å²) in [5.74, 6) is 0.729. The summed E-state index contributed by atoms with van der Waals surface area (Å²) >= 11 is 3.42. The van der Waals surface area contributed by atoms with Crippen LogP contribution in [0.3, 0.4) is 0 Å². The van der Waals surface area contributed by atoms with Gasteiger partial charge in [-0.2, -0.15) is 0 Å². The Morgan fingerprint density at radius 3 is 2.39 bits per heavy atom. The van der Waals surface area contributed by atoms with Crippen molar-refractivity contribution in [3.05, 3.63) is 52.0 Å². The molecule has 2 rings (SSSR count). The van der Waals surface area contributed by atoms with E-state index in [0.717, 1.165) is 11.3 Å². The Labute approximate surface area is 173 Å². The fraction of sp³-hybridized carbons (Fsp3) is 0.333. The third-order valence-corrected chi connectivity index (χ3v) is 4.57. The summed E-state index contributed by atoms with van der Waals surface area (Å²) < 4.78 is 11.5. The first kappa shape index (κ1) is 21.8. The van der Waals surface area contributed by atoms with E-state index < -0.39 is 0 Å². The molecule has 0 aromatic heterocycles. The molecule has 2 aromatic rings. The lowest BCUT2D eigenvalue weighted by molar-refractivity contribution is -0.118. The van der Waals surface area contributed by atoms with Crippen molar-refractivity contribution in [2.75, 3.05) is 19.0 Å². The van der Waals surface area contributed by atoms with E-state index in [1.165, 1.54) is 7.11 Å². The number of ether oxygens (including phenoxy) is 2. The number of hydrogen-bond donors (Lipinski definition) is 2. The van der Waals surface area contributed by atoms with Crippen LogP contribution in [0.2, 0.25) is 0 Å². The Morgan fingerprint density at radius 1 is 1.14 bits per heavy atom. The van der Waals surface area contributed by atoms with E-state index in [4.69, 9.17) is 9.47 Å². The Morgan fingerprint density at radius 2 is 1.82 bits per heavy atom. The molecule has 0 aliphatic rings. The molecule has 0 saturated carbocycles. The van der Waals surface area contributed by atoms with E-state index >= 15 is 0 Å². The molecule has 0 aliphatic carbocycles. The minimum absolute atomic E-state index is 0.0314. The van der Waals surface area contributed by atoms with E-state index in [1.54, 1.807) is 12.1 Å². The van der Waals surface area contributed by atoms with Crippen LogP contribution in [-0.2, 0) is 11.3 Å². The second kappa shape index (κ2) is 10.1. The van der Waals surface area contributed by atoms with Gasteiger partial charge in [0.2, 0.25) is 5.91 Å². The van der Waals surface area contributed by atoms with Gasteiger partial charge in [0.15, 0.2) is 11.5 Å². The molecule has 0 saturated heterocycles. The number of amides is 2. The Bertz CT molecular complexity index is 835. The molecule has 0 atom stereocenters. The van der Waals surface area contributed by atoms with E-state index in [2.05, 4.69) is 26.6 Å². The van der Waals surface area contributed by atoms with Crippen molar-refractivity contribution >= 4 is 33.4 Å². The predicted octanol–water partition coefficient (Wildman–Crippen LogP) is 4.38. The van der Waals surface area contributed by atoms with E-state index in [1.807, 2.05) is 45.0 Å². The number of carbonyl (C=O) groups excluding carboxylic acids is 2. The average molecular weight is 449 g/mol. The van der Waals surface area contributed by atoms with E-state index in [9.17, 15) is 9.59 Å². The molecular formula is C21H25BrN2O4. The molecule has 2 N–H and O–H groups in total. The van der Waals surface area contributed by atoms with Crippen molar-refractivity contribution < 1.29 is 19.1 Å². The highest BCUT2D eigenvalue weighted by atomic mass is 79.9. The molecule has 0 fully saturated rings. The smallest absolute Gasteiger partial charge is 0.251 e. The van der Waals surface area contributed by atoms with Crippen LogP contribution in [0, 0.1) is 5.92 Å². The van der Waals surface area contributed by atoms with Crippen molar-refractivity contribution in [3.63, 3.8) is 0 Å². The van der Waals surface area contributed by atoms with Crippen LogP contribution in [0.15, 0.2) is 40.9 Å². The quantitative estimate of drug-likeness (QED) is 0.627. The number of nitrogens with one attached hydrogen (secondary N) is 2. The zero-order valence-corrected chi connectivity index (χ0v) is 18.1. The highest BCUT2D eigenvalue weighted by Gasteiger charge is 2.15. The molecule has 2 amide bonds. The molecule has 0 heterocycles. The van der Waals surface area contributed by atoms with Gasteiger partial charge in [-0.1, -0.05) is 26.0 Å². The SMILES string of the molecule is CCOc1c(Br)cc(C(=O)NCc2ccc(NC(=O)C(C)C)cc2)cc1OC. The number of carbonyl (C=O) groups is 2.